The predicted octanol–water partition coefficient (Wildman–Crippen LogP) is 7.82. The van der Waals surface area contributed by atoms with Crippen molar-refractivity contribution in [3.05, 3.63) is 140 Å². The van der Waals surface area contributed by atoms with E-state index in [2.05, 4.69) is 21.5 Å². The van der Waals surface area contributed by atoms with Crippen LogP contribution in [0.3, 0.4) is 0 Å². The van der Waals surface area contributed by atoms with Crippen LogP contribution in [0.5, 0.6) is 0 Å². The van der Waals surface area contributed by atoms with E-state index in [4.69, 9.17) is 29.6 Å². The molecule has 0 radical (unpaired) electrons. The topological polar surface area (TPSA) is 176 Å². The fourth-order valence-corrected chi connectivity index (χ4v) is 7.37. The minimum Gasteiger partial charge on any atom is -0.481 e. The standard InChI is InChI=1S/C26H25ClN4O3.C19H16ClNO4/c1-3-4-11-26(29-30-26)12-13-28-24(33)15-21-17(2)31(23-10-5-18(16-32)14-22(21)23)25(34)19-6-8-20(27)9-7-19;1-11-15(9-18(23)24)16-8-12(10-22)2-7-17(16)21(11)19(25)13-3-5-14(20)6-4-13/h1,5-10,14,32H,4,11-13,15-16H2,2H3,(H,28,33);2-8,22H,9-10H2,1H3,(H,23,24). The van der Waals surface area contributed by atoms with Gasteiger partial charge in [0.05, 0.1) is 37.1 Å². The Balaban J connectivity index is 0.000000208. The Morgan fingerprint density at radius 2 is 1.17 bits per heavy atom. The van der Waals surface area contributed by atoms with Crippen LogP contribution in [0.2, 0.25) is 10.0 Å². The van der Waals surface area contributed by atoms with Crippen LogP contribution in [0.25, 0.3) is 21.8 Å². The van der Waals surface area contributed by atoms with Crippen LogP contribution in [0.1, 0.15) is 73.6 Å². The molecule has 1 amide bonds. The van der Waals surface area contributed by atoms with Gasteiger partial charge in [-0.15, -0.1) is 12.3 Å². The van der Waals surface area contributed by atoms with Crippen LogP contribution in [-0.2, 0) is 35.6 Å². The van der Waals surface area contributed by atoms with E-state index in [1.165, 1.54) is 4.57 Å². The number of halogens is 2. The lowest BCUT2D eigenvalue weighted by Crippen LogP contribution is -2.29. The van der Waals surface area contributed by atoms with Gasteiger partial charge in [-0.05, 0) is 109 Å². The number of nitrogens with one attached hydrogen (secondary N) is 1. The number of hydrogen-bond donors (Lipinski definition) is 4. The molecule has 12 nitrogen and oxygen atoms in total. The number of carboxylic acids is 1. The molecule has 0 unspecified atom stereocenters. The molecule has 0 atom stereocenters. The van der Waals surface area contributed by atoms with E-state index in [-0.39, 0.29) is 43.8 Å². The maximum Gasteiger partial charge on any atom is 0.307 e. The number of benzene rings is 4. The van der Waals surface area contributed by atoms with Gasteiger partial charge < -0.3 is 20.6 Å². The number of terminal acetylenes is 1. The van der Waals surface area contributed by atoms with Gasteiger partial charge >= 0.3 is 5.97 Å². The molecule has 4 aromatic carbocycles. The summed E-state index contributed by atoms with van der Waals surface area (Å²) < 4.78 is 3.12. The highest BCUT2D eigenvalue weighted by Crippen LogP contribution is 2.36. The SMILES string of the molecule is C#CCCC1(CCNC(=O)Cc2c(C)n(C(=O)c3ccc(Cl)cc3)c3ccc(CO)cc23)N=N1.Cc1c(CC(=O)O)c2cc(CO)ccc2n1C(=O)c1ccc(Cl)cc1. The van der Waals surface area contributed by atoms with Crippen LogP contribution in [0.4, 0.5) is 0 Å². The maximum absolute atomic E-state index is 13.4. The van der Waals surface area contributed by atoms with Gasteiger partial charge in [0.1, 0.15) is 0 Å². The molecule has 6 aromatic rings. The monoisotopic (exact) mass is 833 g/mol. The second-order valence-electron chi connectivity index (χ2n) is 14.2. The first-order valence-electron chi connectivity index (χ1n) is 18.7. The van der Waals surface area contributed by atoms with E-state index in [0.717, 1.165) is 10.9 Å². The van der Waals surface area contributed by atoms with Crippen LogP contribution in [0, 0.1) is 26.2 Å². The molecule has 14 heteroatoms. The number of aromatic nitrogens is 2. The summed E-state index contributed by atoms with van der Waals surface area (Å²) >= 11 is 11.9. The normalized spacial score (nSPS) is 12.5. The summed E-state index contributed by atoms with van der Waals surface area (Å²) in [4.78, 5) is 50.4. The highest BCUT2D eigenvalue weighted by Gasteiger charge is 2.38. The predicted molar refractivity (Wildman–Crippen MR) is 226 cm³/mol. The van der Waals surface area contributed by atoms with E-state index in [0.29, 0.717) is 91.5 Å². The zero-order valence-electron chi connectivity index (χ0n) is 32.3. The van der Waals surface area contributed by atoms with Crippen LogP contribution >= 0.6 is 23.2 Å². The summed E-state index contributed by atoms with van der Waals surface area (Å²) in [6.45, 7) is 3.69. The third-order valence-electron chi connectivity index (χ3n) is 10.3. The summed E-state index contributed by atoms with van der Waals surface area (Å²) in [5, 5.41) is 41.8. The van der Waals surface area contributed by atoms with Gasteiger partial charge in [-0.25, -0.2) is 0 Å². The molecular formula is C45H41Cl2N5O7. The highest BCUT2D eigenvalue weighted by atomic mass is 35.5. The second kappa shape index (κ2) is 18.2. The molecule has 4 N–H and O–H groups in total. The van der Waals surface area contributed by atoms with E-state index < -0.39 is 11.6 Å². The molecule has 1 aliphatic rings. The summed E-state index contributed by atoms with van der Waals surface area (Å²) in [5.41, 5.74) is 5.73. The van der Waals surface area contributed by atoms with Crippen LogP contribution in [-0.4, -0.2) is 60.4 Å². The molecule has 7 rings (SSSR count). The number of aliphatic hydroxyl groups is 2. The minimum atomic E-state index is -0.976. The summed E-state index contributed by atoms with van der Waals surface area (Å²) in [7, 11) is 0. The van der Waals surface area contributed by atoms with Gasteiger partial charge in [-0.1, -0.05) is 35.3 Å². The fraction of sp³-hybridized carbons (Fsp3) is 0.244. The first-order valence-corrected chi connectivity index (χ1v) is 19.5. The number of carbonyl (C=O) groups is 4. The van der Waals surface area contributed by atoms with Crippen molar-refractivity contribution in [3.63, 3.8) is 0 Å². The average molecular weight is 835 g/mol. The summed E-state index contributed by atoms with van der Waals surface area (Å²) in [5.74, 6) is 0.983. The molecule has 0 fully saturated rings. The van der Waals surface area contributed by atoms with Gasteiger partial charge in [-0.3, -0.25) is 28.3 Å². The van der Waals surface area contributed by atoms with Gasteiger partial charge in [0.25, 0.3) is 11.8 Å². The lowest BCUT2D eigenvalue weighted by atomic mass is 10.0. The second-order valence-corrected chi connectivity index (χ2v) is 15.0. The molecule has 3 heterocycles. The number of amides is 1. The Hall–Kier alpha value is -6.10. The van der Waals surface area contributed by atoms with Gasteiger partial charge in [0.15, 0.2) is 5.66 Å². The van der Waals surface area contributed by atoms with E-state index in [9.17, 15) is 34.5 Å². The van der Waals surface area contributed by atoms with Crippen molar-refractivity contribution in [2.24, 2.45) is 10.2 Å². The largest absolute Gasteiger partial charge is 0.481 e. The van der Waals surface area contributed by atoms with E-state index >= 15 is 0 Å². The van der Waals surface area contributed by atoms with Crippen molar-refractivity contribution in [3.8, 4) is 12.3 Å². The smallest absolute Gasteiger partial charge is 0.307 e. The number of nitrogens with zero attached hydrogens (tertiary/aromatic N) is 4. The quantitative estimate of drug-likeness (QED) is 0.0858. The van der Waals surface area contributed by atoms with Crippen molar-refractivity contribution in [1.29, 1.82) is 0 Å². The maximum atomic E-state index is 13.4. The molecule has 1 aliphatic heterocycles. The number of hydrogen-bond acceptors (Lipinski definition) is 8. The van der Waals surface area contributed by atoms with E-state index in [1.54, 1.807) is 90.4 Å². The highest BCUT2D eigenvalue weighted by molar-refractivity contribution is 6.31. The van der Waals surface area contributed by atoms with Gasteiger partial charge in [0, 0.05) is 69.1 Å². The number of aliphatic carboxylic acids is 1. The number of fused-ring (bicyclic) bond motifs is 2. The molecule has 0 bridgehead atoms. The van der Waals surface area contributed by atoms with Gasteiger partial charge in [0.2, 0.25) is 5.91 Å². The fourth-order valence-electron chi connectivity index (χ4n) is 7.11. The van der Waals surface area contributed by atoms with Crippen molar-refractivity contribution in [1.82, 2.24) is 14.5 Å². The number of aliphatic hydroxyl groups excluding tert-OH is 2. The lowest BCUT2D eigenvalue weighted by molar-refractivity contribution is -0.136. The Morgan fingerprint density at radius 3 is 1.58 bits per heavy atom. The molecule has 2 aromatic heterocycles. The van der Waals surface area contributed by atoms with Gasteiger partial charge in [-0.2, -0.15) is 10.2 Å². The Kier molecular flexibility index (Phi) is 13.1. The third kappa shape index (κ3) is 9.46. The minimum absolute atomic E-state index is 0.101. The van der Waals surface area contributed by atoms with Crippen LogP contribution in [0.15, 0.2) is 95.2 Å². The van der Waals surface area contributed by atoms with Crippen LogP contribution < -0.4 is 5.32 Å². The zero-order chi connectivity index (χ0) is 42.4. The van der Waals surface area contributed by atoms with Crippen molar-refractivity contribution in [2.45, 2.75) is 64.8 Å². The van der Waals surface area contributed by atoms with Crippen molar-refractivity contribution < 1.29 is 34.5 Å². The first-order chi connectivity index (χ1) is 28.3. The number of rotatable bonds is 13. The third-order valence-corrected chi connectivity index (χ3v) is 10.8. The summed E-state index contributed by atoms with van der Waals surface area (Å²) in [6, 6.07) is 23.8. The molecule has 302 valence electrons. The number of carbonyl (C=O) groups excluding carboxylic acids is 3. The van der Waals surface area contributed by atoms with Crippen molar-refractivity contribution in [2.75, 3.05) is 6.54 Å². The lowest BCUT2D eigenvalue weighted by Gasteiger charge is -2.10. The zero-order valence-corrected chi connectivity index (χ0v) is 33.8. The number of carboxylic acid groups (broad SMARTS) is 1. The Morgan fingerprint density at radius 1 is 0.712 bits per heavy atom. The summed E-state index contributed by atoms with van der Waals surface area (Å²) in [6.07, 6.45) is 7.10. The molecule has 0 aliphatic carbocycles. The Labute approximate surface area is 350 Å². The average Bonchev–Trinajstić information content (AvgIpc) is 3.88. The first kappa shape index (κ1) is 42.5. The molecule has 0 spiro atoms. The van der Waals surface area contributed by atoms with E-state index in [1.807, 2.05) is 13.0 Å². The molecule has 0 saturated heterocycles. The molecule has 0 saturated carbocycles. The Bertz CT molecular complexity index is 2650. The molecule has 59 heavy (non-hydrogen) atoms. The molecular weight excluding hydrogens is 793 g/mol. The van der Waals surface area contributed by atoms with Crippen molar-refractivity contribution >= 4 is 68.7 Å².